The number of nitrogens with two attached hydrogens (primary N) is 1. The van der Waals surface area contributed by atoms with Crippen molar-refractivity contribution in [3.63, 3.8) is 0 Å². The highest BCUT2D eigenvalue weighted by molar-refractivity contribution is 7.51. The first-order valence-electron chi connectivity index (χ1n) is 48.2. The van der Waals surface area contributed by atoms with Crippen LogP contribution >= 0.6 is 7.60 Å². The molecule has 0 saturated carbocycles. The monoisotopic (exact) mass is 1990 g/mol. The molecule has 13 rings (SSSR count). The Morgan fingerprint density at radius 2 is 1.35 bits per heavy atom. The Hall–Kier alpha value is -9.85. The summed E-state index contributed by atoms with van der Waals surface area (Å²) in [6.07, 6.45) is 0.777. The van der Waals surface area contributed by atoms with E-state index in [-0.39, 0.29) is 222 Å². The van der Waals surface area contributed by atoms with Gasteiger partial charge in [-0.25, -0.2) is 14.4 Å². The number of carbonyl (C=O) groups is 14. The third-order valence-electron chi connectivity index (χ3n) is 26.5. The highest BCUT2D eigenvalue weighted by Crippen LogP contribution is 2.55. The van der Waals surface area contributed by atoms with Gasteiger partial charge in [0.15, 0.2) is 5.79 Å². The smallest absolute Gasteiger partial charge is 0.407 e. The summed E-state index contributed by atoms with van der Waals surface area (Å²) in [6.45, 7) is 14.2. The number of likely N-dealkylation sites (N-methyl/N-ethyl adjacent to an activating group) is 1. The van der Waals surface area contributed by atoms with Gasteiger partial charge in [-0.05, 0) is 112 Å². The number of alkyl carbamates (subject to hydrolysis) is 1. The minimum Gasteiger partial charge on any atom is -0.490 e. The lowest BCUT2D eigenvalue weighted by molar-refractivity contribution is -0.292. The summed E-state index contributed by atoms with van der Waals surface area (Å²) in [5, 5.41) is 37.4. The Kier molecular flexibility index (Phi) is 40.4. The number of ketones is 1. The van der Waals surface area contributed by atoms with Crippen molar-refractivity contribution in [2.24, 2.45) is 23.5 Å². The Bertz CT molecular complexity index is 4640. The second-order valence-corrected chi connectivity index (χ2v) is 39.3. The molecule has 0 radical (unpaired) electrons. The lowest BCUT2D eigenvalue weighted by Crippen LogP contribution is -2.61. The first-order chi connectivity index (χ1) is 66.9. The number of amides is 13. The number of urea groups is 1. The van der Waals surface area contributed by atoms with Crippen LogP contribution in [0.25, 0.3) is 0 Å². The molecule has 23 atom stereocenters. The first-order valence-corrected chi connectivity index (χ1v) is 50.0. The molecular formula is C93H136N13O33P. The van der Waals surface area contributed by atoms with Gasteiger partial charge >= 0.3 is 25.7 Å². The zero-order chi connectivity index (χ0) is 100. The average Bonchev–Trinajstić information content (AvgIpc) is 1.54. The number of primary amides is 1. The van der Waals surface area contributed by atoms with E-state index in [9.17, 15) is 76.8 Å². The second kappa shape index (κ2) is 51.9. The van der Waals surface area contributed by atoms with Gasteiger partial charge in [0.05, 0.1) is 140 Å². The predicted molar refractivity (Wildman–Crippen MR) is 490 cm³/mol. The van der Waals surface area contributed by atoms with E-state index in [0.717, 1.165) is 36.1 Å². The largest absolute Gasteiger partial charge is 0.490 e. The number of aliphatic hydroxyl groups excluding tert-OH is 1. The van der Waals surface area contributed by atoms with Gasteiger partial charge in [0.2, 0.25) is 47.3 Å². The lowest BCUT2D eigenvalue weighted by Gasteiger charge is -2.47. The Labute approximate surface area is 811 Å². The molecule has 47 heteroatoms. The summed E-state index contributed by atoms with van der Waals surface area (Å²) in [4.78, 5) is 205. The van der Waals surface area contributed by atoms with E-state index < -0.39 is 195 Å². The summed E-state index contributed by atoms with van der Waals surface area (Å²) >= 11 is 0. The van der Waals surface area contributed by atoms with E-state index in [2.05, 4.69) is 73.2 Å². The maximum absolute atomic E-state index is 14.6. The van der Waals surface area contributed by atoms with E-state index in [1.165, 1.54) is 24.1 Å². The van der Waals surface area contributed by atoms with Gasteiger partial charge in [0, 0.05) is 122 Å². The molecule has 1 aromatic carbocycles. The van der Waals surface area contributed by atoms with Gasteiger partial charge in [0.25, 0.3) is 11.8 Å². The molecule has 12 heterocycles. The molecule has 10 fully saturated rings. The SMILES string of the molecule is C=C1/C2=C/[C@@H]3O[C@H](C[C@H](O)CNC(=O)OCc4ccc(NC(=O)[C@H](CCCNC(N)=O)NC(=O)[C@@H](NC(=O)[C@H](CC(=O)N[C@H]5CCOC5=O)NC(=O)CN(C)CCNC(=O)CCOCCOCCOCCOCCNC(=O)[C@H](CNC(=O)CCP(=O)(O)O)N5C(=O)C=CC5=O)C(C)C)cc4)[C@H](OC)[C@H]3CC(=O)C[C@H]3CC[C@@H]4O[C@@H]5[C@H]6O[C@@H]7C[C@](CC[C@H]8CC(=C)[C@H](CC[C@@H](C[C@H]1C)O2)O8)(O[C@H]6[C@H]4O3)O[C@H]57. The number of hydrogen-bond acceptors (Lipinski definition) is 32. The molecule has 12 aliphatic rings. The fourth-order valence-corrected chi connectivity index (χ4v) is 19.7. The molecule has 776 valence electrons. The number of esters is 1. The molecule has 0 aromatic heterocycles. The number of rotatable bonds is 49. The zero-order valence-corrected chi connectivity index (χ0v) is 80.6. The normalized spacial score (nSPS) is 28.8. The molecule has 15 N–H and O–H groups in total. The van der Waals surface area contributed by atoms with Crippen LogP contribution < -0.4 is 58.9 Å². The van der Waals surface area contributed by atoms with Crippen LogP contribution in [0.2, 0.25) is 0 Å². The quantitative estimate of drug-likeness (QED) is 0.0128. The van der Waals surface area contributed by atoms with Crippen LogP contribution in [0.15, 0.2) is 72.6 Å². The number of ether oxygens (including phenoxy) is 15. The Morgan fingerprint density at radius 1 is 0.664 bits per heavy atom. The minimum absolute atomic E-state index is 0.00614. The Morgan fingerprint density at radius 3 is 2.05 bits per heavy atom. The standard InChI is InChI=1S/C93H136N13O33P/c1-51(2)79(104-87(116)65(44-75(111)101-64-21-30-130-90(64)119)102-76(112)49-105(6)28-26-95-73(109)22-29-126-32-34-128-36-37-129-35-33-127-31-27-96-88(117)66(106-77(113)18-19-78(106)114)48-98-74(110)23-38-140(122,123)124)89(118)103-63(9-8-25-97-91(94)120)86(115)100-56-12-10-55(11-13-56)50-131-92(121)99-47-58(108)43-71-80(125-7)62-42-57(107)41-60-15-17-68-81(134-60)85-84-83(136-68)82-72(137-84)46-93(138-82,139-85)24-20-61-40-53(4)67(132-61)16-14-59-39-52(3)54(5)69(133-59)45-70(62)135-71/h10-13,18-19,45,51-52,58-68,70-72,79-85,108H,4-5,8-9,14-17,20-44,46-50H2,1-3,6-7H3,(H,95,109)(H,96,117)(H,98,110)(H,99,121)(H,100,115)(H,101,111)(H,102,112)(H,103,118)(H,104,116)(H3,94,97,120)(H2,122,123,124)/b69-45-/t52-,58+,59+,60-,61+,62+,63+,64+,65+,66+,67+,68+,70+,71-,72-,79+,80-,81+,82+,83+,84-,85+,93+/m1/s1. The van der Waals surface area contributed by atoms with Gasteiger partial charge in [-0.15, -0.1) is 0 Å². The van der Waals surface area contributed by atoms with Crippen molar-refractivity contribution < 1.29 is 158 Å². The first kappa shape index (κ1) is 109. The topological polar surface area (TPSA) is 608 Å². The summed E-state index contributed by atoms with van der Waals surface area (Å²) < 4.78 is 104. The predicted octanol–water partition coefficient (Wildman–Crippen LogP) is -0.552. The van der Waals surface area contributed by atoms with Gasteiger partial charge in [-0.3, -0.25) is 67.1 Å². The van der Waals surface area contributed by atoms with Crippen LogP contribution in [0, 0.1) is 17.8 Å². The van der Waals surface area contributed by atoms with Crippen LogP contribution in [-0.4, -0.2) is 361 Å². The maximum atomic E-state index is 14.6. The summed E-state index contributed by atoms with van der Waals surface area (Å²) in [6, 6.07) is -1.42. The molecule has 12 aliphatic heterocycles. The number of imide groups is 1. The van der Waals surface area contributed by atoms with Crippen molar-refractivity contribution in [3.8, 4) is 0 Å². The van der Waals surface area contributed by atoms with E-state index in [4.69, 9.17) is 86.6 Å². The van der Waals surface area contributed by atoms with Gasteiger partial charge in [-0.2, -0.15) is 0 Å². The van der Waals surface area contributed by atoms with Gasteiger partial charge < -0.3 is 145 Å². The number of carbonyl (C=O) groups excluding carboxylic acids is 14. The van der Waals surface area contributed by atoms with Crippen LogP contribution in [0.1, 0.15) is 142 Å². The molecule has 13 amide bonds. The highest BCUT2D eigenvalue weighted by Gasteiger charge is 2.69. The number of hydrogen-bond donors (Lipinski definition) is 14. The number of methoxy groups -OCH3 is 1. The third-order valence-corrected chi connectivity index (χ3v) is 27.3. The van der Waals surface area contributed by atoms with E-state index in [1.807, 2.05) is 6.08 Å². The Balaban J connectivity index is 0.561. The lowest BCUT2D eigenvalue weighted by atomic mass is 9.84. The number of fused-ring (bicyclic) bond motifs is 6. The van der Waals surface area contributed by atoms with E-state index in [0.29, 0.717) is 61.2 Å². The number of nitrogens with zero attached hydrogens (tertiary/aromatic N) is 2. The summed E-state index contributed by atoms with van der Waals surface area (Å²) in [5.74, 6) is -9.84. The van der Waals surface area contributed by atoms with Crippen molar-refractivity contribution in [1.29, 1.82) is 0 Å². The third kappa shape index (κ3) is 31.6. The highest BCUT2D eigenvalue weighted by atomic mass is 31.2. The fraction of sp³-hybridized carbons (Fsp3) is 0.699. The number of Topliss-reactive ketones (excluding diaryl/α,β-unsaturated/α-hetero) is 1. The molecule has 1 aromatic rings. The zero-order valence-electron chi connectivity index (χ0n) is 79.7. The van der Waals surface area contributed by atoms with Crippen molar-refractivity contribution in [3.05, 3.63) is 78.1 Å². The van der Waals surface area contributed by atoms with Gasteiger partial charge in [-0.1, -0.05) is 46.1 Å². The summed E-state index contributed by atoms with van der Waals surface area (Å²) in [5.41, 5.74) is 7.90. The number of cyclic esters (lactones) is 1. The molecule has 0 unspecified atom stereocenters. The average molecular weight is 2000 g/mol. The number of nitrogens with one attached hydrogen (secondary N) is 10. The number of aliphatic hydroxyl groups is 1. The van der Waals surface area contributed by atoms with Crippen molar-refractivity contribution in [1.82, 2.24) is 57.7 Å². The van der Waals surface area contributed by atoms with E-state index >= 15 is 0 Å². The van der Waals surface area contributed by atoms with Crippen LogP contribution in [0.3, 0.4) is 0 Å². The van der Waals surface area contributed by atoms with Gasteiger partial charge in [0.1, 0.15) is 78.9 Å². The number of allylic oxidation sites excluding steroid dienone is 1. The van der Waals surface area contributed by atoms with Crippen LogP contribution in [-0.2, 0) is 140 Å². The molecule has 0 aliphatic carbocycles. The number of anilines is 1. The number of benzene rings is 1. The van der Waals surface area contributed by atoms with Crippen LogP contribution in [0.4, 0.5) is 15.3 Å². The fourth-order valence-electron chi connectivity index (χ4n) is 19.2. The van der Waals surface area contributed by atoms with Crippen molar-refractivity contribution in [2.75, 3.05) is 131 Å². The van der Waals surface area contributed by atoms with Crippen LogP contribution in [0.5, 0.6) is 0 Å². The molecule has 12 bridgehead atoms. The van der Waals surface area contributed by atoms with Crippen molar-refractivity contribution >= 4 is 96.2 Å². The molecule has 46 nitrogen and oxygen atoms in total. The molecule has 1 spiro atoms. The molecule has 10 saturated heterocycles. The summed E-state index contributed by atoms with van der Waals surface area (Å²) in [7, 11) is -1.37. The second-order valence-electron chi connectivity index (χ2n) is 37.5. The molecular weight excluding hydrogens is 1860 g/mol. The van der Waals surface area contributed by atoms with Crippen molar-refractivity contribution in [2.45, 2.75) is 271 Å². The maximum Gasteiger partial charge on any atom is 0.407 e. The molecule has 140 heavy (non-hydrogen) atoms. The van der Waals surface area contributed by atoms with E-state index in [1.54, 1.807) is 33.0 Å². The minimum atomic E-state index is -4.47.